The second-order valence-corrected chi connectivity index (χ2v) is 6.89. The number of sulfone groups is 1. The number of rotatable bonds is 3. The predicted octanol–water partition coefficient (Wildman–Crippen LogP) is 0.952. The van der Waals surface area contributed by atoms with E-state index in [1.165, 1.54) is 19.3 Å². The van der Waals surface area contributed by atoms with Crippen molar-refractivity contribution in [2.75, 3.05) is 12.8 Å². The summed E-state index contributed by atoms with van der Waals surface area (Å²) in [7, 11) is -0.883. The Bertz CT molecular complexity index is 295. The lowest BCUT2D eigenvalue weighted by Gasteiger charge is -2.36. The summed E-state index contributed by atoms with van der Waals surface area (Å²) in [6.45, 7) is 0. The fourth-order valence-electron chi connectivity index (χ4n) is 2.74. The molecule has 1 N–H and O–H groups in total. The number of hydrogen-bond acceptors (Lipinski definition) is 3. The first kappa shape index (κ1) is 10.4. The van der Waals surface area contributed by atoms with Gasteiger partial charge in [-0.25, -0.2) is 8.42 Å². The van der Waals surface area contributed by atoms with E-state index in [4.69, 9.17) is 0 Å². The van der Waals surface area contributed by atoms with Gasteiger partial charge in [0.1, 0.15) is 0 Å². The van der Waals surface area contributed by atoms with Crippen LogP contribution < -0.4 is 5.32 Å². The number of hydrogen-bond donors (Lipinski definition) is 1. The predicted molar refractivity (Wildman–Crippen MR) is 57.0 cm³/mol. The molecule has 0 bridgehead atoms. The van der Waals surface area contributed by atoms with Crippen LogP contribution in [0.1, 0.15) is 32.1 Å². The molecule has 1 aliphatic heterocycles. The fraction of sp³-hybridized carbons (Fsp3) is 1.00. The van der Waals surface area contributed by atoms with E-state index in [1.807, 2.05) is 7.05 Å². The Morgan fingerprint density at radius 3 is 2.29 bits per heavy atom. The quantitative estimate of drug-likeness (QED) is 0.765. The van der Waals surface area contributed by atoms with Crippen LogP contribution >= 0.6 is 0 Å². The van der Waals surface area contributed by atoms with Crippen molar-refractivity contribution in [3.63, 3.8) is 0 Å². The lowest BCUT2D eigenvalue weighted by molar-refractivity contribution is 0.229. The topological polar surface area (TPSA) is 46.2 Å². The zero-order valence-corrected chi connectivity index (χ0v) is 9.52. The molecule has 2 unspecified atom stereocenters. The van der Waals surface area contributed by atoms with Crippen LogP contribution in [0.4, 0.5) is 0 Å². The van der Waals surface area contributed by atoms with Gasteiger partial charge in [-0.1, -0.05) is 6.42 Å². The van der Waals surface area contributed by atoms with Crippen LogP contribution in [-0.4, -0.2) is 32.5 Å². The van der Waals surface area contributed by atoms with E-state index >= 15 is 0 Å². The van der Waals surface area contributed by atoms with Crippen molar-refractivity contribution < 1.29 is 8.42 Å². The minimum absolute atomic E-state index is 0.0993. The fourth-order valence-corrected chi connectivity index (χ4v) is 4.95. The van der Waals surface area contributed by atoms with Crippen molar-refractivity contribution in [3.8, 4) is 0 Å². The van der Waals surface area contributed by atoms with Crippen molar-refractivity contribution in [1.82, 2.24) is 5.32 Å². The molecule has 0 aromatic heterocycles. The highest BCUT2D eigenvalue weighted by Gasteiger charge is 2.41. The zero-order valence-electron chi connectivity index (χ0n) is 8.70. The molecule has 0 radical (unpaired) electrons. The monoisotopic (exact) mass is 217 g/mol. The van der Waals surface area contributed by atoms with Crippen LogP contribution in [0.25, 0.3) is 0 Å². The number of nitrogens with one attached hydrogen (secondary N) is 1. The highest BCUT2D eigenvalue weighted by atomic mass is 32.2. The summed E-state index contributed by atoms with van der Waals surface area (Å²) in [6.07, 6.45) is 5.41. The zero-order chi connectivity index (χ0) is 10.2. The van der Waals surface area contributed by atoms with Crippen molar-refractivity contribution in [1.29, 1.82) is 0 Å². The van der Waals surface area contributed by atoms with Gasteiger partial charge in [-0.05, 0) is 38.6 Å². The highest BCUT2D eigenvalue weighted by Crippen LogP contribution is 2.35. The van der Waals surface area contributed by atoms with E-state index < -0.39 is 9.84 Å². The molecule has 1 saturated carbocycles. The molecule has 3 nitrogen and oxygen atoms in total. The van der Waals surface area contributed by atoms with E-state index in [1.54, 1.807) is 0 Å². The van der Waals surface area contributed by atoms with Crippen molar-refractivity contribution >= 4 is 9.84 Å². The Balaban J connectivity index is 2.10. The van der Waals surface area contributed by atoms with Gasteiger partial charge < -0.3 is 5.32 Å². The average Bonchev–Trinajstić information content (AvgIpc) is 2.37. The smallest absolute Gasteiger partial charge is 0.154 e. The second-order valence-electron chi connectivity index (χ2n) is 4.55. The van der Waals surface area contributed by atoms with Gasteiger partial charge in [-0.3, -0.25) is 0 Å². The molecule has 0 spiro atoms. The van der Waals surface area contributed by atoms with Gasteiger partial charge in [0.2, 0.25) is 0 Å². The molecule has 0 aromatic rings. The van der Waals surface area contributed by atoms with Crippen LogP contribution in [-0.2, 0) is 9.84 Å². The van der Waals surface area contributed by atoms with Gasteiger partial charge in [0.05, 0.1) is 11.0 Å². The minimum atomic E-state index is -2.78. The summed E-state index contributed by atoms with van der Waals surface area (Å²) in [5.41, 5.74) is 0. The molecule has 2 fully saturated rings. The Morgan fingerprint density at radius 2 is 1.93 bits per heavy atom. The Morgan fingerprint density at radius 1 is 1.21 bits per heavy atom. The molecule has 1 aliphatic carbocycles. The lowest BCUT2D eigenvalue weighted by atomic mass is 9.78. The third-order valence-electron chi connectivity index (χ3n) is 3.77. The first-order valence-electron chi connectivity index (χ1n) is 5.54. The van der Waals surface area contributed by atoms with Crippen LogP contribution in [0.5, 0.6) is 0 Å². The van der Waals surface area contributed by atoms with E-state index in [-0.39, 0.29) is 11.3 Å². The maximum Gasteiger partial charge on any atom is 0.154 e. The van der Waals surface area contributed by atoms with E-state index in [2.05, 4.69) is 5.32 Å². The summed E-state index contributed by atoms with van der Waals surface area (Å²) >= 11 is 0. The Labute approximate surface area is 86.2 Å². The molecule has 2 atom stereocenters. The molecule has 0 amide bonds. The Kier molecular flexibility index (Phi) is 2.84. The van der Waals surface area contributed by atoms with Gasteiger partial charge in [-0.15, -0.1) is 0 Å². The van der Waals surface area contributed by atoms with Gasteiger partial charge in [0.25, 0.3) is 0 Å². The molecule has 2 aliphatic rings. The third kappa shape index (κ3) is 1.70. The van der Waals surface area contributed by atoms with Gasteiger partial charge in [-0.2, -0.15) is 0 Å². The molecule has 1 heterocycles. The summed E-state index contributed by atoms with van der Waals surface area (Å²) < 4.78 is 23.5. The molecule has 4 heteroatoms. The molecular formula is C10H19NO2S. The molecule has 1 saturated heterocycles. The van der Waals surface area contributed by atoms with Gasteiger partial charge in [0, 0.05) is 6.04 Å². The van der Waals surface area contributed by atoms with Crippen molar-refractivity contribution in [2.24, 2.45) is 5.92 Å². The molecule has 14 heavy (non-hydrogen) atoms. The maximum atomic E-state index is 11.8. The summed E-state index contributed by atoms with van der Waals surface area (Å²) in [4.78, 5) is 0. The highest BCUT2D eigenvalue weighted by molar-refractivity contribution is 7.92. The standard InChI is InChI=1S/C10H19NO2S/c1-11-10(8-4-2-5-8)9-6-3-7-14(9,12)13/h8-11H,2-7H2,1H3. The first-order chi connectivity index (χ1) is 6.65. The van der Waals surface area contributed by atoms with E-state index in [9.17, 15) is 8.42 Å². The summed E-state index contributed by atoms with van der Waals surface area (Å²) in [5, 5.41) is 3.12. The second kappa shape index (κ2) is 3.81. The van der Waals surface area contributed by atoms with Crippen molar-refractivity contribution in [3.05, 3.63) is 0 Å². The molecule has 2 rings (SSSR count). The third-order valence-corrected chi connectivity index (χ3v) is 6.08. The molecule has 82 valence electrons. The van der Waals surface area contributed by atoms with Crippen molar-refractivity contribution in [2.45, 2.75) is 43.4 Å². The maximum absolute atomic E-state index is 11.8. The SMILES string of the molecule is CNC(C1CCC1)C1CCCS1(=O)=O. The average molecular weight is 217 g/mol. The Hall–Kier alpha value is -0.0900. The van der Waals surface area contributed by atoms with E-state index in [0.29, 0.717) is 11.7 Å². The minimum Gasteiger partial charge on any atom is -0.315 e. The largest absolute Gasteiger partial charge is 0.315 e. The van der Waals surface area contributed by atoms with E-state index in [0.717, 1.165) is 12.8 Å². The van der Waals surface area contributed by atoms with Crippen LogP contribution in [0.15, 0.2) is 0 Å². The van der Waals surface area contributed by atoms with Gasteiger partial charge >= 0.3 is 0 Å². The lowest BCUT2D eigenvalue weighted by Crippen LogP contribution is -2.48. The molecule has 0 aromatic carbocycles. The van der Waals surface area contributed by atoms with Crippen LogP contribution in [0, 0.1) is 5.92 Å². The normalized spacial score (nSPS) is 33.9. The van der Waals surface area contributed by atoms with Crippen LogP contribution in [0.3, 0.4) is 0 Å². The molecular weight excluding hydrogens is 198 g/mol. The summed E-state index contributed by atoms with van der Waals surface area (Å²) in [5.74, 6) is 1.01. The first-order valence-corrected chi connectivity index (χ1v) is 7.25. The van der Waals surface area contributed by atoms with Gasteiger partial charge in [0.15, 0.2) is 9.84 Å². The summed E-state index contributed by atoms with van der Waals surface area (Å²) in [6, 6.07) is 0.219. The van der Waals surface area contributed by atoms with Crippen LogP contribution in [0.2, 0.25) is 0 Å².